The van der Waals surface area contributed by atoms with Crippen LogP contribution in [0.5, 0.6) is 0 Å². The molecule has 0 atom stereocenters. The van der Waals surface area contributed by atoms with Crippen LogP contribution >= 0.6 is 0 Å². The first-order valence-electron chi connectivity index (χ1n) is 5.97. The van der Waals surface area contributed by atoms with Crippen molar-refractivity contribution < 1.29 is 13.3 Å². The molecule has 1 aromatic rings. The zero-order valence-electron chi connectivity index (χ0n) is 10.3. The van der Waals surface area contributed by atoms with Gasteiger partial charge in [0, 0.05) is 31.8 Å². The average molecular weight is 285 g/mol. The van der Waals surface area contributed by atoms with E-state index in [4.69, 9.17) is 0 Å². The molecule has 0 saturated carbocycles. The van der Waals surface area contributed by atoms with E-state index < -0.39 is 14.9 Å². The van der Waals surface area contributed by atoms with E-state index in [9.17, 15) is 18.5 Å². The molecule has 0 spiro atoms. The molecule has 0 aromatic heterocycles. The topological polar surface area (TPSA) is 92.5 Å². The zero-order valence-corrected chi connectivity index (χ0v) is 11.1. The van der Waals surface area contributed by atoms with Crippen LogP contribution in [-0.2, 0) is 10.0 Å². The number of nitro benzene ring substituents is 1. The Kier molecular flexibility index (Phi) is 4.13. The van der Waals surface area contributed by atoms with Crippen molar-refractivity contribution >= 4 is 15.7 Å². The minimum absolute atomic E-state index is 0.0244. The number of nitrogens with zero attached hydrogens (tertiary/aromatic N) is 2. The van der Waals surface area contributed by atoms with Gasteiger partial charge in [-0.1, -0.05) is 6.07 Å². The Morgan fingerprint density at radius 1 is 1.26 bits per heavy atom. The molecule has 19 heavy (non-hydrogen) atoms. The molecule has 1 aliphatic heterocycles. The lowest BCUT2D eigenvalue weighted by Crippen LogP contribution is -2.34. The van der Waals surface area contributed by atoms with Gasteiger partial charge in [0.05, 0.1) is 9.82 Å². The van der Waals surface area contributed by atoms with Gasteiger partial charge in [-0.3, -0.25) is 10.1 Å². The van der Waals surface area contributed by atoms with Crippen molar-refractivity contribution in [2.24, 2.45) is 0 Å². The quantitative estimate of drug-likeness (QED) is 0.647. The van der Waals surface area contributed by atoms with Crippen molar-refractivity contribution in [3.63, 3.8) is 0 Å². The molecule has 0 amide bonds. The van der Waals surface area contributed by atoms with Gasteiger partial charge in [-0.25, -0.2) is 8.42 Å². The van der Waals surface area contributed by atoms with Crippen molar-refractivity contribution in [3.8, 4) is 0 Å². The molecule has 1 aromatic carbocycles. The van der Waals surface area contributed by atoms with Crippen molar-refractivity contribution in [3.05, 3.63) is 34.4 Å². The largest absolute Gasteiger partial charge is 0.315 e. The van der Waals surface area contributed by atoms with E-state index in [0.717, 1.165) is 19.0 Å². The monoisotopic (exact) mass is 285 g/mol. The standard InChI is InChI=1S/C11H15N3O4S/c15-14(16)10-3-1-4-11(9-10)19(17,18)13-7-2-5-12-6-8-13/h1,3-4,9,12H,2,5-8H2. The van der Waals surface area contributed by atoms with E-state index in [2.05, 4.69) is 5.32 Å². The number of rotatable bonds is 3. The van der Waals surface area contributed by atoms with E-state index in [1.165, 1.54) is 22.5 Å². The molecule has 104 valence electrons. The smallest absolute Gasteiger partial charge is 0.270 e. The van der Waals surface area contributed by atoms with Gasteiger partial charge in [0.2, 0.25) is 10.0 Å². The lowest BCUT2D eigenvalue weighted by molar-refractivity contribution is -0.385. The Balaban J connectivity index is 2.32. The summed E-state index contributed by atoms with van der Waals surface area (Å²) in [4.78, 5) is 10.1. The summed E-state index contributed by atoms with van der Waals surface area (Å²) in [7, 11) is -3.65. The van der Waals surface area contributed by atoms with Gasteiger partial charge >= 0.3 is 0 Å². The van der Waals surface area contributed by atoms with E-state index in [1.54, 1.807) is 0 Å². The molecule has 1 aliphatic rings. The Morgan fingerprint density at radius 3 is 2.79 bits per heavy atom. The molecule has 8 heteroatoms. The summed E-state index contributed by atoms with van der Waals surface area (Å²) in [5.41, 5.74) is -0.214. The second kappa shape index (κ2) is 5.64. The van der Waals surface area contributed by atoms with Gasteiger partial charge < -0.3 is 5.32 Å². The van der Waals surface area contributed by atoms with Crippen molar-refractivity contribution in [1.82, 2.24) is 9.62 Å². The minimum Gasteiger partial charge on any atom is -0.315 e. The molecular weight excluding hydrogens is 270 g/mol. The van der Waals surface area contributed by atoms with E-state index >= 15 is 0 Å². The van der Waals surface area contributed by atoms with Crippen molar-refractivity contribution in [1.29, 1.82) is 0 Å². The highest BCUT2D eigenvalue weighted by Gasteiger charge is 2.26. The van der Waals surface area contributed by atoms with Crippen LogP contribution in [0.2, 0.25) is 0 Å². The third kappa shape index (κ3) is 3.09. The van der Waals surface area contributed by atoms with Gasteiger partial charge in [0.25, 0.3) is 5.69 Å². The van der Waals surface area contributed by atoms with E-state index in [0.29, 0.717) is 19.6 Å². The van der Waals surface area contributed by atoms with Crippen molar-refractivity contribution in [2.45, 2.75) is 11.3 Å². The lowest BCUT2D eigenvalue weighted by Gasteiger charge is -2.19. The third-order valence-corrected chi connectivity index (χ3v) is 4.86. The average Bonchev–Trinajstić information content (AvgIpc) is 2.68. The van der Waals surface area contributed by atoms with Crippen LogP contribution in [0.25, 0.3) is 0 Å². The maximum absolute atomic E-state index is 12.4. The van der Waals surface area contributed by atoms with Crippen LogP contribution in [-0.4, -0.2) is 43.8 Å². The highest BCUT2D eigenvalue weighted by atomic mass is 32.2. The highest BCUT2D eigenvalue weighted by Crippen LogP contribution is 2.21. The van der Waals surface area contributed by atoms with E-state index in [1.807, 2.05) is 0 Å². The molecule has 0 radical (unpaired) electrons. The molecule has 2 rings (SSSR count). The summed E-state index contributed by atoms with van der Waals surface area (Å²) in [6.07, 6.45) is 0.730. The van der Waals surface area contributed by atoms with Crippen LogP contribution in [0.4, 0.5) is 5.69 Å². The summed E-state index contributed by atoms with van der Waals surface area (Å²) in [5, 5.41) is 13.8. The van der Waals surface area contributed by atoms with E-state index in [-0.39, 0.29) is 10.6 Å². The highest BCUT2D eigenvalue weighted by molar-refractivity contribution is 7.89. The van der Waals surface area contributed by atoms with Gasteiger partial charge in [-0.05, 0) is 19.0 Å². The van der Waals surface area contributed by atoms with Crippen molar-refractivity contribution in [2.75, 3.05) is 26.2 Å². The normalized spacial score (nSPS) is 17.9. The molecule has 0 aliphatic carbocycles. The molecular formula is C11H15N3O4S. The predicted octanol–water partition coefficient (Wildman–Crippen LogP) is 0.579. The Morgan fingerprint density at radius 2 is 2.05 bits per heavy atom. The first-order chi connectivity index (χ1) is 9.01. The molecule has 0 bridgehead atoms. The van der Waals surface area contributed by atoms with Gasteiger partial charge in [-0.15, -0.1) is 0 Å². The maximum atomic E-state index is 12.4. The second-order valence-corrected chi connectivity index (χ2v) is 6.20. The molecule has 7 nitrogen and oxygen atoms in total. The van der Waals surface area contributed by atoms with Crippen LogP contribution < -0.4 is 5.32 Å². The first kappa shape index (κ1) is 13.9. The summed E-state index contributed by atoms with van der Waals surface area (Å²) < 4.78 is 26.1. The SMILES string of the molecule is O=[N+]([O-])c1cccc(S(=O)(=O)N2CCCNCC2)c1. The fraction of sp³-hybridized carbons (Fsp3) is 0.455. The zero-order chi connectivity index (χ0) is 13.9. The van der Waals surface area contributed by atoms with Crippen LogP contribution in [0.3, 0.4) is 0 Å². The number of hydrogen-bond donors (Lipinski definition) is 1. The molecule has 1 fully saturated rings. The summed E-state index contributed by atoms with van der Waals surface area (Å²) in [6, 6.07) is 5.17. The fourth-order valence-electron chi connectivity index (χ4n) is 1.97. The Hall–Kier alpha value is -1.51. The number of hydrogen-bond acceptors (Lipinski definition) is 5. The Labute approximate surface area is 111 Å². The van der Waals surface area contributed by atoms with Crippen LogP contribution in [0, 0.1) is 10.1 Å². The molecule has 1 saturated heterocycles. The first-order valence-corrected chi connectivity index (χ1v) is 7.41. The number of sulfonamides is 1. The lowest BCUT2D eigenvalue weighted by atomic mass is 10.3. The molecule has 0 unspecified atom stereocenters. The summed E-state index contributed by atoms with van der Waals surface area (Å²) in [5.74, 6) is 0. The molecule has 1 N–H and O–H groups in total. The second-order valence-electron chi connectivity index (χ2n) is 4.26. The number of benzene rings is 1. The van der Waals surface area contributed by atoms with Gasteiger partial charge in [0.1, 0.15) is 0 Å². The summed E-state index contributed by atoms with van der Waals surface area (Å²) >= 11 is 0. The van der Waals surface area contributed by atoms with Crippen LogP contribution in [0.1, 0.15) is 6.42 Å². The summed E-state index contributed by atoms with van der Waals surface area (Å²) in [6.45, 7) is 2.18. The fourth-order valence-corrected chi connectivity index (χ4v) is 3.49. The number of non-ortho nitro benzene ring substituents is 1. The number of nitrogens with one attached hydrogen (secondary N) is 1. The molecule has 1 heterocycles. The van der Waals surface area contributed by atoms with Gasteiger partial charge in [-0.2, -0.15) is 4.31 Å². The van der Waals surface area contributed by atoms with Crippen LogP contribution in [0.15, 0.2) is 29.2 Å². The minimum atomic E-state index is -3.65. The van der Waals surface area contributed by atoms with Gasteiger partial charge in [0.15, 0.2) is 0 Å². The Bertz CT molecular complexity index is 565. The predicted molar refractivity (Wildman–Crippen MR) is 69.3 cm³/mol. The number of nitro groups is 1. The third-order valence-electron chi connectivity index (χ3n) is 2.97. The maximum Gasteiger partial charge on any atom is 0.270 e.